The van der Waals surface area contributed by atoms with Crippen LogP contribution in [0.4, 0.5) is 5.82 Å². The Bertz CT molecular complexity index is 1130. The van der Waals surface area contributed by atoms with Gasteiger partial charge >= 0.3 is 0 Å². The SMILES string of the molecule is CCN(CC)Cc1cc(OC)c(-c2cn(C)c(=O)c3cnc(N(C)C)cc23)cc1OC. The molecular weight excluding hydrogens is 392 g/mol. The molecule has 0 bridgehead atoms. The van der Waals surface area contributed by atoms with E-state index in [2.05, 4.69) is 23.7 Å². The molecule has 0 aliphatic heterocycles. The molecule has 31 heavy (non-hydrogen) atoms. The van der Waals surface area contributed by atoms with Crippen molar-refractivity contribution in [1.29, 1.82) is 0 Å². The molecule has 166 valence electrons. The third-order valence-electron chi connectivity index (χ3n) is 5.69. The molecule has 0 unspecified atom stereocenters. The summed E-state index contributed by atoms with van der Waals surface area (Å²) in [7, 11) is 8.97. The Morgan fingerprint density at radius 2 is 1.65 bits per heavy atom. The van der Waals surface area contributed by atoms with Gasteiger partial charge < -0.3 is 18.9 Å². The summed E-state index contributed by atoms with van der Waals surface area (Å²) in [4.78, 5) is 21.4. The molecule has 0 saturated carbocycles. The summed E-state index contributed by atoms with van der Waals surface area (Å²) >= 11 is 0. The second-order valence-electron chi connectivity index (χ2n) is 7.77. The largest absolute Gasteiger partial charge is 0.496 e. The lowest BCUT2D eigenvalue weighted by atomic mass is 9.98. The Morgan fingerprint density at radius 1 is 0.968 bits per heavy atom. The van der Waals surface area contributed by atoms with Crippen molar-refractivity contribution >= 4 is 16.6 Å². The quantitative estimate of drug-likeness (QED) is 0.551. The van der Waals surface area contributed by atoms with E-state index in [1.54, 1.807) is 32.0 Å². The summed E-state index contributed by atoms with van der Waals surface area (Å²) < 4.78 is 13.1. The van der Waals surface area contributed by atoms with Crippen LogP contribution in [0, 0.1) is 0 Å². The van der Waals surface area contributed by atoms with E-state index in [1.807, 2.05) is 43.4 Å². The van der Waals surface area contributed by atoms with Crippen molar-refractivity contribution in [3.63, 3.8) is 0 Å². The van der Waals surface area contributed by atoms with Crippen molar-refractivity contribution in [3.8, 4) is 22.6 Å². The first-order valence-electron chi connectivity index (χ1n) is 10.5. The monoisotopic (exact) mass is 424 g/mol. The number of ether oxygens (including phenoxy) is 2. The molecule has 7 heteroatoms. The van der Waals surface area contributed by atoms with Gasteiger partial charge in [0.05, 0.1) is 19.6 Å². The minimum Gasteiger partial charge on any atom is -0.496 e. The molecule has 2 aromatic heterocycles. The standard InChI is InChI=1S/C24H32N4O3/c1-8-28(9-2)14-16-10-22(31-7)18(11-21(16)30-6)20-15-27(5)24(29)19-13-25-23(26(3)4)12-17(19)20/h10-13,15H,8-9,14H2,1-7H3. The van der Waals surface area contributed by atoms with E-state index in [0.29, 0.717) is 5.39 Å². The zero-order chi connectivity index (χ0) is 22.7. The first-order valence-corrected chi connectivity index (χ1v) is 10.5. The average molecular weight is 425 g/mol. The topological polar surface area (TPSA) is 59.8 Å². The highest BCUT2D eigenvalue weighted by atomic mass is 16.5. The third-order valence-corrected chi connectivity index (χ3v) is 5.69. The molecule has 7 nitrogen and oxygen atoms in total. The summed E-state index contributed by atoms with van der Waals surface area (Å²) in [5.74, 6) is 2.32. The molecular formula is C24H32N4O3. The number of aryl methyl sites for hydroxylation is 1. The van der Waals surface area contributed by atoms with Crippen LogP contribution >= 0.6 is 0 Å². The highest BCUT2D eigenvalue weighted by Crippen LogP contribution is 2.39. The normalized spacial score (nSPS) is 11.2. The Labute approximate surface area is 183 Å². The molecule has 2 heterocycles. The van der Waals surface area contributed by atoms with Gasteiger partial charge in [-0.2, -0.15) is 0 Å². The van der Waals surface area contributed by atoms with Crippen molar-refractivity contribution in [1.82, 2.24) is 14.5 Å². The van der Waals surface area contributed by atoms with Crippen molar-refractivity contribution < 1.29 is 9.47 Å². The van der Waals surface area contributed by atoms with Gasteiger partial charge in [0.2, 0.25) is 0 Å². The zero-order valence-corrected chi connectivity index (χ0v) is 19.5. The molecule has 0 N–H and O–H groups in total. The molecule has 0 amide bonds. The van der Waals surface area contributed by atoms with Crippen molar-refractivity contribution in [2.75, 3.05) is 46.3 Å². The predicted molar refractivity (Wildman–Crippen MR) is 126 cm³/mol. The Morgan fingerprint density at radius 3 is 2.23 bits per heavy atom. The molecule has 0 spiro atoms. The average Bonchev–Trinajstić information content (AvgIpc) is 2.78. The lowest BCUT2D eigenvalue weighted by molar-refractivity contribution is 0.288. The van der Waals surface area contributed by atoms with E-state index in [0.717, 1.165) is 59.0 Å². The summed E-state index contributed by atoms with van der Waals surface area (Å²) in [6.07, 6.45) is 3.50. The molecule has 0 aliphatic rings. The van der Waals surface area contributed by atoms with Gasteiger partial charge in [0.1, 0.15) is 17.3 Å². The highest BCUT2D eigenvalue weighted by Gasteiger charge is 2.18. The fourth-order valence-corrected chi connectivity index (χ4v) is 3.79. The number of nitrogens with zero attached hydrogens (tertiary/aromatic N) is 4. The van der Waals surface area contributed by atoms with E-state index < -0.39 is 0 Å². The number of hydrogen-bond donors (Lipinski definition) is 0. The van der Waals surface area contributed by atoms with Gasteiger partial charge in [-0.1, -0.05) is 13.8 Å². The van der Waals surface area contributed by atoms with E-state index in [9.17, 15) is 4.79 Å². The maximum absolute atomic E-state index is 12.8. The van der Waals surface area contributed by atoms with Crippen molar-refractivity contribution in [2.24, 2.45) is 7.05 Å². The fraction of sp³-hybridized carbons (Fsp3) is 0.417. The number of fused-ring (bicyclic) bond motifs is 1. The number of pyridine rings is 2. The first-order chi connectivity index (χ1) is 14.8. The molecule has 0 atom stereocenters. The molecule has 0 fully saturated rings. The number of anilines is 1. The van der Waals surface area contributed by atoms with Crippen molar-refractivity contribution in [2.45, 2.75) is 20.4 Å². The Kier molecular flexibility index (Phi) is 6.85. The predicted octanol–water partition coefficient (Wildman–Crippen LogP) is 3.53. The van der Waals surface area contributed by atoms with Gasteiger partial charge in [0.25, 0.3) is 5.56 Å². The summed E-state index contributed by atoms with van der Waals surface area (Å²) in [5, 5.41) is 1.40. The Hall–Kier alpha value is -3.06. The zero-order valence-electron chi connectivity index (χ0n) is 19.5. The molecule has 0 aliphatic carbocycles. The number of hydrogen-bond acceptors (Lipinski definition) is 6. The molecule has 3 rings (SSSR count). The minimum absolute atomic E-state index is 0.0827. The molecule has 3 aromatic rings. The van der Waals surface area contributed by atoms with Crippen LogP contribution in [0.15, 0.2) is 35.4 Å². The van der Waals surface area contributed by atoms with Gasteiger partial charge in [-0.05, 0) is 31.3 Å². The third kappa shape index (κ3) is 4.37. The van der Waals surface area contributed by atoms with Crippen LogP contribution in [0.5, 0.6) is 11.5 Å². The van der Waals surface area contributed by atoms with Crippen LogP contribution in [-0.4, -0.2) is 55.9 Å². The second-order valence-corrected chi connectivity index (χ2v) is 7.77. The van der Waals surface area contributed by atoms with Gasteiger partial charge in [-0.25, -0.2) is 4.98 Å². The van der Waals surface area contributed by atoms with Crippen LogP contribution in [0.1, 0.15) is 19.4 Å². The van der Waals surface area contributed by atoms with Gasteiger partial charge in [0, 0.05) is 62.2 Å². The number of methoxy groups -OCH3 is 2. The van der Waals surface area contributed by atoms with E-state index >= 15 is 0 Å². The van der Waals surface area contributed by atoms with Crippen LogP contribution in [0.2, 0.25) is 0 Å². The maximum Gasteiger partial charge on any atom is 0.259 e. The molecule has 1 aromatic carbocycles. The van der Waals surface area contributed by atoms with E-state index in [4.69, 9.17) is 9.47 Å². The Balaban J connectivity index is 2.29. The molecule has 0 radical (unpaired) electrons. The first kappa shape index (κ1) is 22.6. The number of benzene rings is 1. The second kappa shape index (κ2) is 9.39. The highest BCUT2D eigenvalue weighted by molar-refractivity contribution is 5.98. The number of aromatic nitrogens is 2. The van der Waals surface area contributed by atoms with Crippen LogP contribution in [-0.2, 0) is 13.6 Å². The van der Waals surface area contributed by atoms with E-state index in [1.165, 1.54) is 0 Å². The summed E-state index contributed by atoms with van der Waals surface area (Å²) in [6.45, 7) is 6.98. The van der Waals surface area contributed by atoms with Crippen molar-refractivity contribution in [3.05, 3.63) is 46.5 Å². The summed E-state index contributed by atoms with van der Waals surface area (Å²) in [5.41, 5.74) is 2.75. The molecule has 0 saturated heterocycles. The van der Waals surface area contributed by atoms with E-state index in [-0.39, 0.29) is 5.56 Å². The lowest BCUT2D eigenvalue weighted by Crippen LogP contribution is -2.22. The fourth-order valence-electron chi connectivity index (χ4n) is 3.79. The van der Waals surface area contributed by atoms with Crippen LogP contribution in [0.3, 0.4) is 0 Å². The smallest absolute Gasteiger partial charge is 0.259 e. The maximum atomic E-state index is 12.8. The van der Waals surface area contributed by atoms with Crippen LogP contribution < -0.4 is 19.9 Å². The summed E-state index contributed by atoms with van der Waals surface area (Å²) in [6, 6.07) is 5.99. The van der Waals surface area contributed by atoms with Gasteiger partial charge in [-0.3, -0.25) is 9.69 Å². The lowest BCUT2D eigenvalue weighted by Gasteiger charge is -2.22. The van der Waals surface area contributed by atoms with Crippen LogP contribution in [0.25, 0.3) is 21.9 Å². The van der Waals surface area contributed by atoms with Gasteiger partial charge in [-0.15, -0.1) is 0 Å². The number of rotatable bonds is 8. The minimum atomic E-state index is -0.0827. The van der Waals surface area contributed by atoms with Gasteiger partial charge in [0.15, 0.2) is 0 Å².